The molecule has 0 spiro atoms. The van der Waals surface area contributed by atoms with Crippen molar-refractivity contribution in [2.75, 3.05) is 19.6 Å². The van der Waals surface area contributed by atoms with Crippen LogP contribution in [0.2, 0.25) is 0 Å². The molecule has 20 heavy (non-hydrogen) atoms. The lowest BCUT2D eigenvalue weighted by Gasteiger charge is -2.31. The third-order valence-electron chi connectivity index (χ3n) is 3.53. The highest BCUT2D eigenvalue weighted by atomic mass is 127. The summed E-state index contributed by atoms with van der Waals surface area (Å²) in [6.07, 6.45) is 2.23. The predicted molar refractivity (Wildman–Crippen MR) is 86.5 cm³/mol. The third kappa shape index (κ3) is 3.94. The predicted octanol–water partition coefficient (Wildman–Crippen LogP) is 2.28. The fourth-order valence-corrected chi connectivity index (χ4v) is 3.06. The molecule has 1 saturated heterocycles. The first kappa shape index (κ1) is 15.3. The molecule has 1 aromatic rings. The summed E-state index contributed by atoms with van der Waals surface area (Å²) in [6, 6.07) is 7.36. The van der Waals surface area contributed by atoms with Crippen LogP contribution in [0.3, 0.4) is 0 Å². The fourth-order valence-electron chi connectivity index (χ4n) is 2.42. The van der Waals surface area contributed by atoms with E-state index in [9.17, 15) is 9.59 Å². The van der Waals surface area contributed by atoms with Crippen molar-refractivity contribution >= 4 is 34.4 Å². The zero-order valence-corrected chi connectivity index (χ0v) is 13.7. The number of halogens is 1. The van der Waals surface area contributed by atoms with Crippen molar-refractivity contribution in [1.29, 1.82) is 0 Å². The van der Waals surface area contributed by atoms with E-state index in [0.717, 1.165) is 23.1 Å². The molecule has 0 aromatic heterocycles. The highest BCUT2D eigenvalue weighted by Gasteiger charge is 2.21. The Hall–Kier alpha value is -1.11. The molecule has 5 heteroatoms. The first-order chi connectivity index (χ1) is 9.58. The Labute approximate surface area is 133 Å². The lowest BCUT2D eigenvalue weighted by Crippen LogP contribution is -2.44. The van der Waals surface area contributed by atoms with E-state index in [-0.39, 0.29) is 18.4 Å². The number of hydrogen-bond acceptors (Lipinski definition) is 2. The average molecular weight is 386 g/mol. The number of piperidine rings is 1. The van der Waals surface area contributed by atoms with Crippen molar-refractivity contribution in [1.82, 2.24) is 10.2 Å². The van der Waals surface area contributed by atoms with Crippen molar-refractivity contribution in [2.24, 2.45) is 5.92 Å². The molecular formula is C15H19IN2O2. The Balaban J connectivity index is 1.87. The molecule has 2 amide bonds. The molecule has 1 N–H and O–H groups in total. The molecule has 1 aromatic carbocycles. The standard InChI is InChI=1S/C15H19IN2O2/c1-11-5-4-8-18(10-11)14(19)9-17-15(20)12-6-2-3-7-13(12)16/h2-3,6-7,11H,4-5,8-10H2,1H3,(H,17,20)/t11-/m1/s1. The molecule has 4 nitrogen and oxygen atoms in total. The second-order valence-corrected chi connectivity index (χ2v) is 6.41. The first-order valence-corrected chi connectivity index (χ1v) is 7.96. The van der Waals surface area contributed by atoms with Gasteiger partial charge in [-0.3, -0.25) is 9.59 Å². The van der Waals surface area contributed by atoms with Gasteiger partial charge < -0.3 is 10.2 Å². The van der Waals surface area contributed by atoms with Crippen LogP contribution in [-0.2, 0) is 4.79 Å². The smallest absolute Gasteiger partial charge is 0.252 e. The molecule has 108 valence electrons. The van der Waals surface area contributed by atoms with Crippen molar-refractivity contribution in [3.63, 3.8) is 0 Å². The van der Waals surface area contributed by atoms with Gasteiger partial charge in [-0.1, -0.05) is 19.1 Å². The third-order valence-corrected chi connectivity index (χ3v) is 4.47. The van der Waals surface area contributed by atoms with Crippen LogP contribution in [0.1, 0.15) is 30.1 Å². The molecule has 1 atom stereocenters. The molecule has 0 unspecified atom stereocenters. The van der Waals surface area contributed by atoms with E-state index >= 15 is 0 Å². The van der Waals surface area contributed by atoms with Gasteiger partial charge in [0, 0.05) is 16.7 Å². The van der Waals surface area contributed by atoms with Gasteiger partial charge in [0.25, 0.3) is 5.91 Å². The van der Waals surface area contributed by atoms with Crippen LogP contribution in [0, 0.1) is 9.49 Å². The lowest BCUT2D eigenvalue weighted by molar-refractivity contribution is -0.131. The molecule has 0 aliphatic carbocycles. The van der Waals surface area contributed by atoms with E-state index in [0.29, 0.717) is 11.5 Å². The maximum Gasteiger partial charge on any atom is 0.252 e. The van der Waals surface area contributed by atoms with Gasteiger partial charge in [0.1, 0.15) is 0 Å². The van der Waals surface area contributed by atoms with Gasteiger partial charge in [-0.2, -0.15) is 0 Å². The second kappa shape index (κ2) is 7.06. The van der Waals surface area contributed by atoms with Crippen LogP contribution in [0.5, 0.6) is 0 Å². The number of likely N-dealkylation sites (tertiary alicyclic amines) is 1. The van der Waals surface area contributed by atoms with Crippen LogP contribution in [-0.4, -0.2) is 36.3 Å². The molecule has 0 radical (unpaired) electrons. The highest BCUT2D eigenvalue weighted by molar-refractivity contribution is 14.1. The first-order valence-electron chi connectivity index (χ1n) is 6.88. The summed E-state index contributed by atoms with van der Waals surface area (Å²) in [7, 11) is 0. The molecule has 0 saturated carbocycles. The van der Waals surface area contributed by atoms with E-state index < -0.39 is 0 Å². The van der Waals surface area contributed by atoms with Gasteiger partial charge in [0.2, 0.25) is 5.91 Å². The summed E-state index contributed by atoms with van der Waals surface area (Å²) in [5, 5.41) is 2.72. The van der Waals surface area contributed by atoms with Crippen molar-refractivity contribution in [3.8, 4) is 0 Å². The van der Waals surface area contributed by atoms with E-state index in [1.807, 2.05) is 23.1 Å². The van der Waals surface area contributed by atoms with Crippen molar-refractivity contribution in [2.45, 2.75) is 19.8 Å². The Kier molecular flexibility index (Phi) is 5.39. The minimum absolute atomic E-state index is 0.0100. The summed E-state index contributed by atoms with van der Waals surface area (Å²) in [5.41, 5.74) is 0.618. The molecule has 2 rings (SSSR count). The topological polar surface area (TPSA) is 49.4 Å². The molecule has 1 aliphatic heterocycles. The minimum atomic E-state index is -0.187. The Bertz CT molecular complexity index is 504. The van der Waals surface area contributed by atoms with Gasteiger partial charge in [-0.15, -0.1) is 0 Å². The minimum Gasteiger partial charge on any atom is -0.343 e. The zero-order valence-electron chi connectivity index (χ0n) is 11.6. The second-order valence-electron chi connectivity index (χ2n) is 5.25. The van der Waals surface area contributed by atoms with Gasteiger partial charge in [0.15, 0.2) is 0 Å². The van der Waals surface area contributed by atoms with Gasteiger partial charge in [-0.05, 0) is 53.5 Å². The quantitative estimate of drug-likeness (QED) is 0.811. The average Bonchev–Trinajstić information content (AvgIpc) is 2.45. The molecule has 1 aliphatic rings. The maximum absolute atomic E-state index is 12.1. The summed E-state index contributed by atoms with van der Waals surface area (Å²) in [5.74, 6) is 0.378. The molecule has 1 heterocycles. The SMILES string of the molecule is C[C@@H]1CCCN(C(=O)CNC(=O)c2ccccc2I)C1. The summed E-state index contributed by atoms with van der Waals surface area (Å²) < 4.78 is 0.890. The van der Waals surface area contributed by atoms with E-state index in [4.69, 9.17) is 0 Å². The number of nitrogens with one attached hydrogen (secondary N) is 1. The number of carbonyl (C=O) groups excluding carboxylic acids is 2. The summed E-state index contributed by atoms with van der Waals surface area (Å²) >= 11 is 2.12. The number of amides is 2. The molecule has 0 bridgehead atoms. The summed E-state index contributed by atoms with van der Waals surface area (Å²) in [4.78, 5) is 26.0. The number of rotatable bonds is 3. The largest absolute Gasteiger partial charge is 0.343 e. The van der Waals surface area contributed by atoms with E-state index in [1.54, 1.807) is 6.07 Å². The van der Waals surface area contributed by atoms with Crippen LogP contribution in [0.4, 0.5) is 0 Å². The van der Waals surface area contributed by atoms with E-state index in [2.05, 4.69) is 34.8 Å². The Morgan fingerprint density at radius 3 is 2.85 bits per heavy atom. The van der Waals surface area contributed by atoms with Crippen molar-refractivity contribution in [3.05, 3.63) is 33.4 Å². The van der Waals surface area contributed by atoms with Crippen LogP contribution < -0.4 is 5.32 Å². The molecule has 1 fully saturated rings. The van der Waals surface area contributed by atoms with Crippen LogP contribution in [0.25, 0.3) is 0 Å². The number of hydrogen-bond donors (Lipinski definition) is 1. The zero-order chi connectivity index (χ0) is 14.5. The molecular weight excluding hydrogens is 367 g/mol. The van der Waals surface area contributed by atoms with Crippen molar-refractivity contribution < 1.29 is 9.59 Å². The van der Waals surface area contributed by atoms with Crippen LogP contribution >= 0.6 is 22.6 Å². The number of nitrogens with zero attached hydrogens (tertiary/aromatic N) is 1. The maximum atomic E-state index is 12.1. The Morgan fingerprint density at radius 1 is 1.40 bits per heavy atom. The van der Waals surface area contributed by atoms with E-state index in [1.165, 1.54) is 6.42 Å². The van der Waals surface area contributed by atoms with Gasteiger partial charge in [-0.25, -0.2) is 0 Å². The number of benzene rings is 1. The van der Waals surface area contributed by atoms with Gasteiger partial charge >= 0.3 is 0 Å². The number of carbonyl (C=O) groups is 2. The Morgan fingerprint density at radius 2 is 2.15 bits per heavy atom. The van der Waals surface area contributed by atoms with Crippen LogP contribution in [0.15, 0.2) is 24.3 Å². The normalized spacial score (nSPS) is 18.7. The summed E-state index contributed by atoms with van der Waals surface area (Å²) in [6.45, 7) is 3.85. The highest BCUT2D eigenvalue weighted by Crippen LogP contribution is 2.15. The van der Waals surface area contributed by atoms with Gasteiger partial charge in [0.05, 0.1) is 12.1 Å². The lowest BCUT2D eigenvalue weighted by atomic mass is 10.0. The monoisotopic (exact) mass is 386 g/mol. The fraction of sp³-hybridized carbons (Fsp3) is 0.467.